The highest BCUT2D eigenvalue weighted by Crippen LogP contribution is 2.23. The molecule has 0 aromatic heterocycles. The van der Waals surface area contributed by atoms with E-state index in [9.17, 15) is 20.0 Å². The molecule has 3 aromatic carbocycles. The standard InChI is InChI=1S/C24H20N2O4/c25-14-20-8-4-5-9-21(20)18-12-10-17(11-13-18)16-30-24(29)22(15-27)26-23(28)19-6-2-1-3-7-19/h1-13,22,27H,15-16H2,(H,26,28). The molecular formula is C24H20N2O4. The van der Waals surface area contributed by atoms with Gasteiger partial charge in [-0.1, -0.05) is 60.7 Å². The van der Waals surface area contributed by atoms with Crippen molar-refractivity contribution in [2.75, 3.05) is 6.61 Å². The molecule has 6 heteroatoms. The number of aliphatic hydroxyl groups excluding tert-OH is 1. The number of esters is 1. The van der Waals surface area contributed by atoms with Gasteiger partial charge in [-0.05, 0) is 34.9 Å². The minimum absolute atomic E-state index is 0.00326. The molecule has 1 atom stereocenters. The van der Waals surface area contributed by atoms with Crippen LogP contribution in [-0.2, 0) is 16.1 Å². The van der Waals surface area contributed by atoms with Gasteiger partial charge in [-0.15, -0.1) is 0 Å². The number of nitrogens with zero attached hydrogens (tertiary/aromatic N) is 1. The first-order chi connectivity index (χ1) is 14.6. The molecule has 6 nitrogen and oxygen atoms in total. The lowest BCUT2D eigenvalue weighted by Gasteiger charge is -2.15. The molecule has 3 aromatic rings. The average Bonchev–Trinajstić information content (AvgIpc) is 2.81. The van der Waals surface area contributed by atoms with Crippen LogP contribution in [0.5, 0.6) is 0 Å². The van der Waals surface area contributed by atoms with Crippen molar-refractivity contribution in [1.29, 1.82) is 5.26 Å². The summed E-state index contributed by atoms with van der Waals surface area (Å²) in [6.45, 7) is -0.571. The summed E-state index contributed by atoms with van der Waals surface area (Å²) < 4.78 is 5.24. The van der Waals surface area contributed by atoms with Gasteiger partial charge in [0.25, 0.3) is 5.91 Å². The summed E-state index contributed by atoms with van der Waals surface area (Å²) in [6.07, 6.45) is 0. The topological polar surface area (TPSA) is 99.4 Å². The van der Waals surface area contributed by atoms with E-state index in [0.717, 1.165) is 16.7 Å². The molecule has 0 spiro atoms. The summed E-state index contributed by atoms with van der Waals surface area (Å²) in [6, 6.07) is 24.0. The molecule has 1 amide bonds. The Labute approximate surface area is 174 Å². The van der Waals surface area contributed by atoms with Crippen LogP contribution in [0.1, 0.15) is 21.5 Å². The number of amides is 1. The minimum atomic E-state index is -1.15. The second-order valence-electron chi connectivity index (χ2n) is 6.54. The Bertz CT molecular complexity index is 1060. The van der Waals surface area contributed by atoms with Gasteiger partial charge in [-0.2, -0.15) is 5.26 Å². The van der Waals surface area contributed by atoms with E-state index < -0.39 is 24.5 Å². The van der Waals surface area contributed by atoms with E-state index in [-0.39, 0.29) is 6.61 Å². The zero-order valence-electron chi connectivity index (χ0n) is 16.1. The quantitative estimate of drug-likeness (QED) is 0.594. The van der Waals surface area contributed by atoms with Crippen LogP contribution in [0.4, 0.5) is 0 Å². The molecule has 0 bridgehead atoms. The predicted octanol–water partition coefficient (Wildman–Crippen LogP) is 3.06. The zero-order chi connectivity index (χ0) is 21.3. The first-order valence-corrected chi connectivity index (χ1v) is 9.34. The molecule has 0 saturated heterocycles. The second-order valence-corrected chi connectivity index (χ2v) is 6.54. The summed E-state index contributed by atoms with van der Waals surface area (Å²) in [5.74, 6) is -1.19. The highest BCUT2D eigenvalue weighted by molar-refractivity contribution is 5.96. The highest BCUT2D eigenvalue weighted by atomic mass is 16.5. The van der Waals surface area contributed by atoms with Gasteiger partial charge in [0.2, 0.25) is 0 Å². The maximum atomic E-state index is 12.3. The molecule has 0 radical (unpaired) electrons. The number of hydrogen-bond acceptors (Lipinski definition) is 5. The largest absolute Gasteiger partial charge is 0.459 e. The summed E-state index contributed by atoms with van der Waals surface area (Å²) in [5.41, 5.74) is 3.42. The van der Waals surface area contributed by atoms with Gasteiger partial charge < -0.3 is 15.2 Å². The van der Waals surface area contributed by atoms with Crippen LogP contribution in [-0.4, -0.2) is 29.6 Å². The fourth-order valence-corrected chi connectivity index (χ4v) is 2.88. The van der Waals surface area contributed by atoms with Crippen LogP contribution in [0.25, 0.3) is 11.1 Å². The average molecular weight is 400 g/mol. The van der Waals surface area contributed by atoms with Crippen molar-refractivity contribution in [3.63, 3.8) is 0 Å². The van der Waals surface area contributed by atoms with Crippen LogP contribution in [0.2, 0.25) is 0 Å². The molecule has 2 N–H and O–H groups in total. The molecule has 0 saturated carbocycles. The Morgan fingerprint density at radius 3 is 2.30 bits per heavy atom. The van der Waals surface area contributed by atoms with E-state index in [4.69, 9.17) is 4.74 Å². The van der Waals surface area contributed by atoms with E-state index >= 15 is 0 Å². The van der Waals surface area contributed by atoms with Gasteiger partial charge in [-0.25, -0.2) is 4.79 Å². The lowest BCUT2D eigenvalue weighted by molar-refractivity contribution is -0.148. The Hall–Kier alpha value is -3.95. The van der Waals surface area contributed by atoms with Crippen LogP contribution in [0.15, 0.2) is 78.9 Å². The molecule has 0 aliphatic heterocycles. The number of carbonyl (C=O) groups excluding carboxylic acids is 2. The van der Waals surface area contributed by atoms with Gasteiger partial charge in [0.1, 0.15) is 6.61 Å². The summed E-state index contributed by atoms with van der Waals surface area (Å²) in [7, 11) is 0. The molecule has 0 aliphatic rings. The fraction of sp³-hybridized carbons (Fsp3) is 0.125. The van der Waals surface area contributed by atoms with Crippen LogP contribution >= 0.6 is 0 Å². The molecular weight excluding hydrogens is 380 g/mol. The first kappa shape index (κ1) is 20.8. The van der Waals surface area contributed by atoms with Crippen molar-refractivity contribution in [2.24, 2.45) is 0 Å². The zero-order valence-corrected chi connectivity index (χ0v) is 16.1. The number of nitrogens with one attached hydrogen (secondary N) is 1. The van der Waals surface area contributed by atoms with E-state index in [1.165, 1.54) is 0 Å². The summed E-state index contributed by atoms with van der Waals surface area (Å²) in [4.78, 5) is 24.4. The third-order valence-corrected chi connectivity index (χ3v) is 4.50. The number of carbonyl (C=O) groups is 2. The Balaban J connectivity index is 1.59. The number of benzene rings is 3. The number of aliphatic hydroxyl groups is 1. The van der Waals surface area contributed by atoms with Crippen LogP contribution in [0.3, 0.4) is 0 Å². The Morgan fingerprint density at radius 2 is 1.63 bits per heavy atom. The molecule has 0 heterocycles. The summed E-state index contributed by atoms with van der Waals surface area (Å²) >= 11 is 0. The maximum Gasteiger partial charge on any atom is 0.331 e. The van der Waals surface area contributed by atoms with Crippen molar-refractivity contribution >= 4 is 11.9 Å². The minimum Gasteiger partial charge on any atom is -0.459 e. The van der Waals surface area contributed by atoms with Crippen LogP contribution in [0, 0.1) is 11.3 Å². The van der Waals surface area contributed by atoms with Crippen molar-refractivity contribution < 1.29 is 19.4 Å². The molecule has 3 rings (SSSR count). The van der Waals surface area contributed by atoms with E-state index in [2.05, 4.69) is 11.4 Å². The van der Waals surface area contributed by atoms with E-state index in [1.54, 1.807) is 48.5 Å². The number of nitriles is 1. The molecule has 0 aliphatic carbocycles. The first-order valence-electron chi connectivity index (χ1n) is 9.34. The number of hydrogen-bond donors (Lipinski definition) is 2. The molecule has 30 heavy (non-hydrogen) atoms. The SMILES string of the molecule is N#Cc1ccccc1-c1ccc(COC(=O)C(CO)NC(=O)c2ccccc2)cc1. The third kappa shape index (κ3) is 5.10. The van der Waals surface area contributed by atoms with E-state index in [1.807, 2.05) is 30.3 Å². The maximum absolute atomic E-state index is 12.3. The summed E-state index contributed by atoms with van der Waals surface area (Å²) in [5, 5.41) is 21.2. The van der Waals surface area contributed by atoms with Crippen molar-refractivity contribution in [1.82, 2.24) is 5.32 Å². The van der Waals surface area contributed by atoms with Gasteiger partial charge in [0.15, 0.2) is 6.04 Å². The molecule has 1 unspecified atom stereocenters. The van der Waals surface area contributed by atoms with Crippen molar-refractivity contribution in [2.45, 2.75) is 12.6 Å². The normalized spacial score (nSPS) is 11.2. The van der Waals surface area contributed by atoms with Crippen molar-refractivity contribution in [3.05, 3.63) is 95.6 Å². The predicted molar refractivity (Wildman–Crippen MR) is 111 cm³/mol. The van der Waals surface area contributed by atoms with Crippen LogP contribution < -0.4 is 5.32 Å². The highest BCUT2D eigenvalue weighted by Gasteiger charge is 2.22. The van der Waals surface area contributed by atoms with E-state index in [0.29, 0.717) is 11.1 Å². The molecule has 150 valence electrons. The van der Waals surface area contributed by atoms with Gasteiger partial charge in [0.05, 0.1) is 18.2 Å². The monoisotopic (exact) mass is 400 g/mol. The number of ether oxygens (including phenoxy) is 1. The fourth-order valence-electron chi connectivity index (χ4n) is 2.88. The number of rotatable bonds is 7. The van der Waals surface area contributed by atoms with Gasteiger partial charge >= 0.3 is 5.97 Å². The lowest BCUT2D eigenvalue weighted by Crippen LogP contribution is -2.44. The van der Waals surface area contributed by atoms with Gasteiger partial charge in [0, 0.05) is 5.56 Å². The van der Waals surface area contributed by atoms with Gasteiger partial charge in [-0.3, -0.25) is 4.79 Å². The smallest absolute Gasteiger partial charge is 0.331 e. The molecule has 0 fully saturated rings. The third-order valence-electron chi connectivity index (χ3n) is 4.50. The Morgan fingerprint density at radius 1 is 0.967 bits per heavy atom. The lowest BCUT2D eigenvalue weighted by atomic mass is 9.99. The van der Waals surface area contributed by atoms with Crippen molar-refractivity contribution in [3.8, 4) is 17.2 Å². The Kier molecular flexibility index (Phi) is 6.93. The second kappa shape index (κ2) is 10.0.